The summed E-state index contributed by atoms with van der Waals surface area (Å²) in [5, 5.41) is 12.1. The van der Waals surface area contributed by atoms with Gasteiger partial charge in [0, 0.05) is 6.54 Å². The molecule has 1 unspecified atom stereocenters. The maximum Gasteiger partial charge on any atom is 0.323 e. The SMILES string of the molecule is CCOc1nc(N)nc(NCCCC(C)O)n1. The first-order chi connectivity index (χ1) is 8.11. The number of anilines is 2. The maximum atomic E-state index is 9.10. The lowest BCUT2D eigenvalue weighted by Crippen LogP contribution is -2.11. The Morgan fingerprint density at radius 2 is 2.18 bits per heavy atom. The van der Waals surface area contributed by atoms with Crippen molar-refractivity contribution in [1.29, 1.82) is 0 Å². The summed E-state index contributed by atoms with van der Waals surface area (Å²) in [4.78, 5) is 11.8. The second-order valence-electron chi connectivity index (χ2n) is 3.65. The van der Waals surface area contributed by atoms with Crippen LogP contribution >= 0.6 is 0 Å². The van der Waals surface area contributed by atoms with Crippen LogP contribution in [0.15, 0.2) is 0 Å². The second-order valence-corrected chi connectivity index (χ2v) is 3.65. The lowest BCUT2D eigenvalue weighted by molar-refractivity contribution is 0.183. The van der Waals surface area contributed by atoms with Crippen LogP contribution in [0.25, 0.3) is 0 Å². The molecule has 0 bridgehead atoms. The molecule has 1 heterocycles. The summed E-state index contributed by atoms with van der Waals surface area (Å²) in [5.41, 5.74) is 5.52. The summed E-state index contributed by atoms with van der Waals surface area (Å²) in [7, 11) is 0. The molecule has 0 spiro atoms. The smallest absolute Gasteiger partial charge is 0.323 e. The van der Waals surface area contributed by atoms with Crippen LogP contribution < -0.4 is 15.8 Å². The molecule has 1 aromatic heterocycles. The van der Waals surface area contributed by atoms with Crippen molar-refractivity contribution in [2.45, 2.75) is 32.8 Å². The van der Waals surface area contributed by atoms with E-state index in [9.17, 15) is 0 Å². The summed E-state index contributed by atoms with van der Waals surface area (Å²) >= 11 is 0. The minimum absolute atomic E-state index is 0.126. The topological polar surface area (TPSA) is 106 Å². The van der Waals surface area contributed by atoms with E-state index < -0.39 is 0 Å². The van der Waals surface area contributed by atoms with E-state index in [-0.39, 0.29) is 18.1 Å². The largest absolute Gasteiger partial charge is 0.464 e. The Hall–Kier alpha value is -1.63. The molecule has 0 aliphatic carbocycles. The third-order valence-corrected chi connectivity index (χ3v) is 1.99. The van der Waals surface area contributed by atoms with Crippen molar-refractivity contribution in [2.75, 3.05) is 24.2 Å². The highest BCUT2D eigenvalue weighted by Crippen LogP contribution is 2.09. The molecule has 1 rings (SSSR count). The van der Waals surface area contributed by atoms with E-state index >= 15 is 0 Å². The molecule has 0 saturated carbocycles. The zero-order valence-corrected chi connectivity index (χ0v) is 10.2. The summed E-state index contributed by atoms with van der Waals surface area (Å²) < 4.78 is 5.15. The van der Waals surface area contributed by atoms with Crippen LogP contribution in [0.4, 0.5) is 11.9 Å². The summed E-state index contributed by atoms with van der Waals surface area (Å²) in [6.07, 6.45) is 1.26. The Bertz CT molecular complexity index is 345. The van der Waals surface area contributed by atoms with Gasteiger partial charge < -0.3 is 20.9 Å². The standard InChI is InChI=1S/C10H19N5O2/c1-3-17-10-14-8(11)13-9(15-10)12-6-4-5-7(2)16/h7,16H,3-6H2,1-2H3,(H3,11,12,13,14,15). The van der Waals surface area contributed by atoms with Crippen LogP contribution in [0.2, 0.25) is 0 Å². The van der Waals surface area contributed by atoms with Gasteiger partial charge in [-0.3, -0.25) is 0 Å². The lowest BCUT2D eigenvalue weighted by atomic mass is 10.2. The number of nitrogens with one attached hydrogen (secondary N) is 1. The number of rotatable bonds is 7. The van der Waals surface area contributed by atoms with Gasteiger partial charge in [0.05, 0.1) is 12.7 Å². The molecular formula is C10H19N5O2. The predicted octanol–water partition coefficient (Wildman–Crippen LogP) is 0.425. The van der Waals surface area contributed by atoms with Crippen LogP contribution in [0, 0.1) is 0 Å². The van der Waals surface area contributed by atoms with E-state index in [1.807, 2.05) is 6.92 Å². The molecule has 0 saturated heterocycles. The van der Waals surface area contributed by atoms with Gasteiger partial charge in [-0.25, -0.2) is 0 Å². The van der Waals surface area contributed by atoms with Gasteiger partial charge in [0.25, 0.3) is 0 Å². The molecule has 1 aromatic rings. The third-order valence-electron chi connectivity index (χ3n) is 1.99. The molecule has 0 aliphatic rings. The van der Waals surface area contributed by atoms with Gasteiger partial charge in [-0.05, 0) is 26.7 Å². The minimum atomic E-state index is -0.292. The van der Waals surface area contributed by atoms with Gasteiger partial charge in [0.1, 0.15) is 0 Å². The maximum absolute atomic E-state index is 9.10. The van der Waals surface area contributed by atoms with Crippen LogP contribution in [0.3, 0.4) is 0 Å². The Labute approximate surface area is 100 Å². The second kappa shape index (κ2) is 6.85. The average Bonchev–Trinajstić information content (AvgIpc) is 2.24. The number of hydrogen-bond acceptors (Lipinski definition) is 7. The van der Waals surface area contributed by atoms with Crippen LogP contribution in [-0.4, -0.2) is 39.3 Å². The Morgan fingerprint density at radius 1 is 1.41 bits per heavy atom. The van der Waals surface area contributed by atoms with Crippen molar-refractivity contribution >= 4 is 11.9 Å². The van der Waals surface area contributed by atoms with Crippen molar-refractivity contribution in [2.24, 2.45) is 0 Å². The first-order valence-corrected chi connectivity index (χ1v) is 5.68. The number of nitrogen functional groups attached to an aromatic ring is 1. The van der Waals surface area contributed by atoms with E-state index in [0.717, 1.165) is 12.8 Å². The first kappa shape index (κ1) is 13.4. The number of nitrogens with zero attached hydrogens (tertiary/aromatic N) is 3. The highest BCUT2D eigenvalue weighted by molar-refractivity contribution is 5.32. The molecule has 0 fully saturated rings. The summed E-state index contributed by atoms with van der Waals surface area (Å²) in [5.74, 6) is 0.521. The van der Waals surface area contributed by atoms with E-state index in [1.165, 1.54) is 0 Å². The Morgan fingerprint density at radius 3 is 2.82 bits per heavy atom. The third kappa shape index (κ3) is 5.30. The van der Waals surface area contributed by atoms with Crippen LogP contribution in [-0.2, 0) is 0 Å². The number of aliphatic hydroxyl groups excluding tert-OH is 1. The van der Waals surface area contributed by atoms with E-state index in [1.54, 1.807) is 6.92 Å². The molecule has 0 radical (unpaired) electrons. The summed E-state index contributed by atoms with van der Waals surface area (Å²) in [6, 6.07) is 0.220. The number of aliphatic hydroxyl groups is 1. The molecule has 0 aromatic carbocycles. The zero-order valence-electron chi connectivity index (χ0n) is 10.2. The quantitative estimate of drug-likeness (QED) is 0.594. The van der Waals surface area contributed by atoms with Gasteiger partial charge >= 0.3 is 6.01 Å². The zero-order chi connectivity index (χ0) is 12.7. The molecule has 1 atom stereocenters. The number of aromatic nitrogens is 3. The van der Waals surface area contributed by atoms with Gasteiger partial charge in [0.15, 0.2) is 0 Å². The predicted molar refractivity (Wildman–Crippen MR) is 64.8 cm³/mol. The monoisotopic (exact) mass is 241 g/mol. The van der Waals surface area contributed by atoms with Crippen molar-refractivity contribution < 1.29 is 9.84 Å². The fourth-order valence-corrected chi connectivity index (χ4v) is 1.24. The molecule has 7 nitrogen and oxygen atoms in total. The van der Waals surface area contributed by atoms with Crippen LogP contribution in [0.5, 0.6) is 6.01 Å². The Kier molecular flexibility index (Phi) is 5.41. The number of nitrogens with two attached hydrogens (primary N) is 1. The normalized spacial score (nSPS) is 12.2. The fourth-order valence-electron chi connectivity index (χ4n) is 1.24. The molecule has 96 valence electrons. The van der Waals surface area contributed by atoms with Gasteiger partial charge in [0.2, 0.25) is 11.9 Å². The van der Waals surface area contributed by atoms with E-state index in [4.69, 9.17) is 15.6 Å². The van der Waals surface area contributed by atoms with Crippen molar-refractivity contribution in [1.82, 2.24) is 15.0 Å². The number of hydrogen-bond donors (Lipinski definition) is 3. The number of ether oxygens (including phenoxy) is 1. The van der Waals surface area contributed by atoms with Gasteiger partial charge in [-0.15, -0.1) is 0 Å². The van der Waals surface area contributed by atoms with Crippen molar-refractivity contribution in [3.8, 4) is 6.01 Å². The van der Waals surface area contributed by atoms with E-state index in [2.05, 4.69) is 20.3 Å². The molecule has 17 heavy (non-hydrogen) atoms. The van der Waals surface area contributed by atoms with Crippen molar-refractivity contribution in [3.63, 3.8) is 0 Å². The van der Waals surface area contributed by atoms with E-state index in [0.29, 0.717) is 19.1 Å². The molecule has 0 amide bonds. The lowest BCUT2D eigenvalue weighted by Gasteiger charge is -2.07. The van der Waals surface area contributed by atoms with Gasteiger partial charge in [-0.2, -0.15) is 15.0 Å². The van der Waals surface area contributed by atoms with Crippen LogP contribution in [0.1, 0.15) is 26.7 Å². The Balaban J connectivity index is 2.46. The first-order valence-electron chi connectivity index (χ1n) is 5.68. The highest BCUT2D eigenvalue weighted by atomic mass is 16.5. The van der Waals surface area contributed by atoms with Crippen molar-refractivity contribution in [3.05, 3.63) is 0 Å². The molecular weight excluding hydrogens is 222 g/mol. The minimum Gasteiger partial charge on any atom is -0.464 e. The summed E-state index contributed by atoms with van der Waals surface area (Å²) in [6.45, 7) is 4.74. The molecule has 7 heteroatoms. The fraction of sp³-hybridized carbons (Fsp3) is 0.700. The van der Waals surface area contributed by atoms with Gasteiger partial charge in [-0.1, -0.05) is 0 Å². The molecule has 0 aliphatic heterocycles. The highest BCUT2D eigenvalue weighted by Gasteiger charge is 2.04. The average molecular weight is 241 g/mol. The molecule has 4 N–H and O–H groups in total.